The van der Waals surface area contributed by atoms with Crippen LogP contribution in [-0.2, 0) is 6.52 Å². The lowest BCUT2D eigenvalue weighted by molar-refractivity contribution is 0.0959. The Morgan fingerprint density at radius 3 is 3.21 bits per heavy atom. The van der Waals surface area contributed by atoms with Gasteiger partial charge in [-0.25, -0.2) is 19.3 Å². The third-order valence-electron chi connectivity index (χ3n) is 3.87. The molecule has 1 aliphatic rings. The van der Waals surface area contributed by atoms with E-state index in [-0.39, 0.29) is 25.7 Å². The van der Waals surface area contributed by atoms with Crippen LogP contribution in [0.1, 0.15) is 42.4 Å². The van der Waals surface area contributed by atoms with Crippen LogP contribution < -0.4 is 10.6 Å². The second kappa shape index (κ2) is 8.56. The minimum absolute atomic E-state index is 0.0315. The average Bonchev–Trinajstić information content (AvgIpc) is 3.23. The van der Waals surface area contributed by atoms with Gasteiger partial charge in [0.25, 0.3) is 5.91 Å². The van der Waals surface area contributed by atoms with Gasteiger partial charge >= 0.3 is 0 Å². The normalized spacial score (nSPS) is 27.7. The fraction of sp³-hybridized carbons (Fsp3) is 0.368. The van der Waals surface area contributed by atoms with Crippen molar-refractivity contribution in [3.05, 3.63) is 45.9 Å². The zero-order chi connectivity index (χ0) is 30.9. The summed E-state index contributed by atoms with van der Waals surface area (Å²) in [6.07, 6.45) is -6.38. The molecule has 1 aromatic carbocycles. The number of carbonyl (C=O) groups is 1. The fourth-order valence-electron chi connectivity index (χ4n) is 2.56. The third-order valence-corrected chi connectivity index (χ3v) is 4.93. The Hall–Kier alpha value is -2.36. The quantitative estimate of drug-likeness (QED) is 0.625. The summed E-state index contributed by atoms with van der Waals surface area (Å²) in [6.45, 7) is -6.41. The lowest BCUT2D eigenvalue weighted by atomic mass is 10.0. The number of piperidine rings is 1. The van der Waals surface area contributed by atoms with Crippen molar-refractivity contribution in [3.8, 4) is 0 Å². The summed E-state index contributed by atoms with van der Waals surface area (Å²) in [5, 5.41) is -0.209. The van der Waals surface area contributed by atoms with Crippen LogP contribution >= 0.6 is 22.9 Å². The van der Waals surface area contributed by atoms with Crippen LogP contribution in [0, 0.1) is 5.82 Å². The minimum Gasteiger partial charge on any atom is -0.365 e. The molecule has 3 heterocycles. The Morgan fingerprint density at radius 1 is 1.59 bits per heavy atom. The van der Waals surface area contributed by atoms with E-state index in [1.807, 2.05) is 0 Å². The van der Waals surface area contributed by atoms with Crippen molar-refractivity contribution in [2.24, 2.45) is 0 Å². The SMILES string of the molecule is [2H]c1nc(N([2H])C2([2H])C([2H])([2H])CN(C([2H])c3ccc(F)c(C(=O)N([2H])C([2H])([2H])[2H])c3)CC2([2H])[2H])c2nc(Cl)sc2n1. The number of nitrogens with zero attached hydrogens (tertiary/aromatic N) is 4. The van der Waals surface area contributed by atoms with Crippen LogP contribution in [-0.4, -0.2) is 51.8 Å². The van der Waals surface area contributed by atoms with Gasteiger partial charge in [0.1, 0.15) is 23.8 Å². The number of halogens is 2. The van der Waals surface area contributed by atoms with E-state index in [1.165, 1.54) is 0 Å². The first-order valence-corrected chi connectivity index (χ1v) is 9.30. The van der Waals surface area contributed by atoms with Gasteiger partial charge in [-0.1, -0.05) is 29.0 Å². The summed E-state index contributed by atoms with van der Waals surface area (Å²) >= 11 is 6.77. The Balaban J connectivity index is 1.69. The van der Waals surface area contributed by atoms with E-state index in [0.29, 0.717) is 0 Å². The number of amides is 1. The predicted octanol–water partition coefficient (Wildman–Crippen LogP) is 3.31. The highest BCUT2D eigenvalue weighted by molar-refractivity contribution is 7.21. The van der Waals surface area contributed by atoms with Crippen molar-refractivity contribution >= 4 is 45.0 Å². The summed E-state index contributed by atoms with van der Waals surface area (Å²) in [7, 11) is 0. The van der Waals surface area contributed by atoms with Gasteiger partial charge in [0.15, 0.2) is 13.1 Å². The van der Waals surface area contributed by atoms with E-state index in [1.54, 1.807) is 0 Å². The monoisotopic (exact) mass is 446 g/mol. The van der Waals surface area contributed by atoms with Crippen molar-refractivity contribution in [3.63, 3.8) is 0 Å². The van der Waals surface area contributed by atoms with Crippen molar-refractivity contribution in [2.45, 2.75) is 25.3 Å². The summed E-state index contributed by atoms with van der Waals surface area (Å²) in [5.74, 6) is -3.19. The first-order valence-electron chi connectivity index (χ1n) is 14.1. The molecule has 0 radical (unpaired) electrons. The number of benzene rings is 1. The van der Waals surface area contributed by atoms with E-state index < -0.39 is 80.1 Å². The number of hydrogen-bond donors (Lipinski definition) is 2. The van der Waals surface area contributed by atoms with E-state index in [2.05, 4.69) is 15.0 Å². The highest BCUT2D eigenvalue weighted by atomic mass is 35.5. The standard InChI is InChI=1S/C19H20ClFN6OS/c1-22-17(28)13-8-11(2-3-14(13)21)9-27-6-4-12(5-7-27)25-16-15-18(24-10-23-16)29-19(20)26-15/h2-3,8,10,12H,4-7,9H2,1H3,(H,22,28)(H,23,24,25)/i1D3,4D2,5D2,9D,10D,12D/hD2. The van der Waals surface area contributed by atoms with E-state index in [9.17, 15) is 9.18 Å². The van der Waals surface area contributed by atoms with Gasteiger partial charge in [-0.3, -0.25) is 9.69 Å². The average molecular weight is 447 g/mol. The predicted molar refractivity (Wildman–Crippen MR) is 112 cm³/mol. The summed E-state index contributed by atoms with van der Waals surface area (Å²) < 4.78 is 112. The van der Waals surface area contributed by atoms with Crippen LogP contribution in [0.25, 0.3) is 10.3 Å². The van der Waals surface area contributed by atoms with Gasteiger partial charge < -0.3 is 10.6 Å². The third kappa shape index (κ3) is 4.47. The summed E-state index contributed by atoms with van der Waals surface area (Å²) in [5.41, 5.74) is -1.11. The van der Waals surface area contributed by atoms with Crippen LogP contribution in [0.4, 0.5) is 10.2 Å². The molecule has 0 aliphatic carbocycles. The highest BCUT2D eigenvalue weighted by Gasteiger charge is 2.21. The Bertz CT molecular complexity index is 1490. The number of carbonyl (C=O) groups excluding carboxylic acids is 1. The summed E-state index contributed by atoms with van der Waals surface area (Å²) in [6, 6.07) is -0.345. The number of hydrogen-bond acceptors (Lipinski definition) is 7. The Labute approximate surface area is 193 Å². The van der Waals surface area contributed by atoms with Gasteiger partial charge in [0.2, 0.25) is 0 Å². The molecule has 10 heteroatoms. The van der Waals surface area contributed by atoms with Gasteiger partial charge in [0.05, 0.1) is 6.93 Å². The molecule has 0 spiro atoms. The molecule has 3 aromatic rings. The van der Waals surface area contributed by atoms with Gasteiger partial charge in [-0.05, 0) is 30.4 Å². The van der Waals surface area contributed by atoms with E-state index in [4.69, 9.17) is 28.1 Å². The molecule has 0 bridgehead atoms. The van der Waals surface area contributed by atoms with E-state index in [0.717, 1.165) is 34.4 Å². The molecule has 1 fully saturated rings. The number of likely N-dealkylation sites (tertiary alicyclic amines) is 1. The zero-order valence-corrected chi connectivity index (χ0v) is 16.1. The van der Waals surface area contributed by atoms with E-state index >= 15 is 0 Å². The second-order valence-electron chi connectivity index (χ2n) is 5.77. The summed E-state index contributed by atoms with van der Waals surface area (Å²) in [4.78, 5) is 25.1. The first-order chi connectivity index (χ1) is 18.7. The molecule has 1 unspecified atom stereocenters. The topological polar surface area (TPSA) is 83.0 Å². The van der Waals surface area contributed by atoms with Crippen LogP contribution in [0.5, 0.6) is 0 Å². The maximum atomic E-state index is 14.4. The maximum absolute atomic E-state index is 14.4. The molecule has 1 atom stereocenters. The van der Waals surface area contributed by atoms with Crippen molar-refractivity contribution in [2.75, 3.05) is 25.4 Å². The number of fused-ring (bicyclic) bond motifs is 1. The van der Waals surface area contributed by atoms with Gasteiger partial charge in [0, 0.05) is 43.6 Å². The number of rotatable bonds is 5. The Morgan fingerprint density at radius 2 is 2.41 bits per heavy atom. The lowest BCUT2D eigenvalue weighted by Crippen LogP contribution is -2.38. The van der Waals surface area contributed by atoms with Crippen molar-refractivity contribution in [1.29, 1.82) is 0 Å². The molecule has 152 valence electrons. The largest absolute Gasteiger partial charge is 0.365 e. The molecular formula is C19H20ClFN6OS. The second-order valence-corrected chi connectivity index (χ2v) is 7.33. The minimum atomic E-state index is -3.20. The molecule has 2 N–H and O–H groups in total. The molecule has 1 aliphatic heterocycles. The molecule has 4 rings (SSSR count). The molecule has 0 saturated carbocycles. The molecule has 29 heavy (non-hydrogen) atoms. The molecule has 1 saturated heterocycles. The van der Waals surface area contributed by atoms with Gasteiger partial charge in [-0.2, -0.15) is 0 Å². The molecule has 1 amide bonds. The van der Waals surface area contributed by atoms with Crippen LogP contribution in [0.15, 0.2) is 24.5 Å². The van der Waals surface area contributed by atoms with Crippen molar-refractivity contribution < 1.29 is 25.7 Å². The van der Waals surface area contributed by atoms with Crippen LogP contribution in [0.2, 0.25) is 7.29 Å². The Kier molecular flexibility index (Phi) is 2.98. The first kappa shape index (κ1) is 10.1. The van der Waals surface area contributed by atoms with Crippen molar-refractivity contribution in [1.82, 2.24) is 25.2 Å². The number of nitrogens with one attached hydrogen (secondary N) is 2. The molecular weight excluding hydrogens is 415 g/mol. The lowest BCUT2D eigenvalue weighted by Gasteiger charge is -2.32. The maximum Gasteiger partial charge on any atom is 0.254 e. The number of aromatic nitrogens is 3. The molecule has 7 nitrogen and oxygen atoms in total. The van der Waals surface area contributed by atoms with Gasteiger partial charge in [-0.15, -0.1) is 0 Å². The zero-order valence-electron chi connectivity index (χ0n) is 26.5. The number of anilines is 1. The number of thiazole rings is 1. The fourth-order valence-corrected chi connectivity index (χ4v) is 3.48. The smallest absolute Gasteiger partial charge is 0.254 e. The van der Waals surface area contributed by atoms with Crippen LogP contribution in [0.3, 0.4) is 0 Å². The molecule has 2 aromatic heterocycles. The highest BCUT2D eigenvalue weighted by Crippen LogP contribution is 2.28.